The number of nitrogens with zero attached hydrogens (tertiary/aromatic N) is 4. The summed E-state index contributed by atoms with van der Waals surface area (Å²) < 4.78 is 239. The number of nitriles is 2. The molecule has 0 unspecified atom stereocenters. The van der Waals surface area contributed by atoms with Crippen molar-refractivity contribution in [1.82, 2.24) is 0 Å². The van der Waals surface area contributed by atoms with Crippen LogP contribution < -0.4 is 33.2 Å². The molecule has 7 aromatic rings. The quantitative estimate of drug-likeness (QED) is 0.0260. The lowest BCUT2D eigenvalue weighted by atomic mass is 9.86. The number of nitro groups is 2. The molecule has 101 heavy (non-hydrogen) atoms. The molecule has 0 aliphatic carbocycles. The van der Waals surface area contributed by atoms with Crippen LogP contribution in [0.25, 0.3) is 6.08 Å². The molecule has 0 saturated heterocycles. The lowest BCUT2D eigenvalue weighted by Gasteiger charge is -2.20. The predicted octanol–water partition coefficient (Wildman–Crippen LogP) is 17.2. The van der Waals surface area contributed by atoms with Crippen molar-refractivity contribution in [2.24, 2.45) is 0 Å². The molecule has 0 saturated carbocycles. The van der Waals surface area contributed by atoms with Crippen LogP contribution in [-0.4, -0.2) is 93.6 Å². The molecule has 0 spiro atoms. The van der Waals surface area contributed by atoms with Crippen LogP contribution in [0.1, 0.15) is 70.1 Å². The summed E-state index contributed by atoms with van der Waals surface area (Å²) in [6, 6.07) is 30.6. The lowest BCUT2D eigenvalue weighted by Crippen LogP contribution is -2.17. The number of non-ortho nitro benzene ring substituents is 1. The van der Waals surface area contributed by atoms with Crippen molar-refractivity contribution in [3.05, 3.63) is 204 Å². The number of aldehydes is 1. The Morgan fingerprint density at radius 2 is 0.970 bits per heavy atom. The molecule has 0 bridgehead atoms. The Hall–Kier alpha value is -11.8. The normalized spacial score (nSPS) is 11.0. The monoisotopic (exact) mass is 1470 g/mol. The Bertz CT molecular complexity index is 3930. The maximum Gasteiger partial charge on any atom is 0.573 e. The van der Waals surface area contributed by atoms with Crippen LogP contribution in [0.5, 0.6) is 63.2 Å². The van der Waals surface area contributed by atoms with Gasteiger partial charge in [-0.25, -0.2) is 0 Å². The average Bonchev–Trinajstić information content (AvgIpc) is 0.845. The number of hydrogen-bond donors (Lipinski definition) is 5. The smallest absolute Gasteiger partial charge is 0.504 e. The standard InChI is InChI=1S/C12H13F2NO.C9H6F3NO4.C9H10F2O2.C9H10F2O.C8H4F3NO2.C8H5F3O3.C7H4F3NO4/c1-12(2,3)9-5-4-8(7-15)10(6-9)16-11(13)14;10-9(11,12)17-8-2-1-6(5-7(8)14)3-4-13(15)16;10-9(11)13-8-4-2-1-3-7(8)5-6-12;1-6-3-4-7(2)8(5-6)12-9(10)11;9-8(10,11)14-7-3-5(4-12)1-2-6(7)13;9-8(10,11)14-7-2-1-5(4-12)3-6(7)13;8-7(9,10)15-6-3-4(11(13)14)1-2-5(6)12/h4-6,11H,1-3H3;1-5,14H;1-4,9,12H,5-6H2;3-5,9H,1-2H3;1-3,13H;1-4,13H;1-3,12H/b;4-3+;;;;;. The number of aromatic hydroxyl groups is 4. The first-order valence-corrected chi connectivity index (χ1v) is 26.9. The van der Waals surface area contributed by atoms with Gasteiger partial charge in [0.25, 0.3) is 5.69 Å². The largest absolute Gasteiger partial charge is 0.573 e. The van der Waals surface area contributed by atoms with E-state index in [0.717, 1.165) is 83.4 Å². The summed E-state index contributed by atoms with van der Waals surface area (Å²) in [7, 11) is 0. The summed E-state index contributed by atoms with van der Waals surface area (Å²) in [4.78, 5) is 28.8. The molecule has 0 aromatic heterocycles. The van der Waals surface area contributed by atoms with E-state index in [1.165, 1.54) is 24.3 Å². The number of carbonyl (C=O) groups excluding carboxylic acids is 1. The summed E-state index contributed by atoms with van der Waals surface area (Å²) in [6.07, 6.45) is -17.3. The third kappa shape index (κ3) is 37.0. The first-order valence-electron chi connectivity index (χ1n) is 26.9. The Labute approximate surface area is 557 Å². The van der Waals surface area contributed by atoms with Crippen molar-refractivity contribution < 1.29 is 152 Å². The highest BCUT2D eigenvalue weighted by molar-refractivity contribution is 5.76. The van der Waals surface area contributed by atoms with Gasteiger partial charge < -0.3 is 58.7 Å². The first-order chi connectivity index (χ1) is 46.6. The summed E-state index contributed by atoms with van der Waals surface area (Å²) in [5.41, 5.74) is 2.63. The van der Waals surface area contributed by atoms with Crippen molar-refractivity contribution in [3.63, 3.8) is 0 Å². The number of carbonyl (C=O) groups is 1. The minimum atomic E-state index is -5.01. The number of ether oxygens (including phenoxy) is 7. The number of phenols is 4. The zero-order chi connectivity index (χ0) is 77.4. The number of halogens is 18. The molecule has 548 valence electrons. The number of aliphatic hydroxyl groups is 1. The number of alkyl halides is 18. The fraction of sp³-hybridized carbons (Fsp3) is 0.242. The SMILES string of the molecule is CC(C)(C)c1ccc(C#N)c(OC(F)F)c1.Cc1ccc(C)c(OC(F)F)c1.N#Cc1ccc(O)c(OC(F)(F)F)c1.O=Cc1ccc(OC(F)(F)F)c(O)c1.O=[N+]([O-])/C=C/c1ccc(OC(F)(F)F)c(O)c1.O=[N+]([O-])c1ccc(O)c(OC(F)(F)F)c1.OCCc1ccccc1OC(F)F. The van der Waals surface area contributed by atoms with E-state index >= 15 is 0 Å². The van der Waals surface area contributed by atoms with Crippen LogP contribution in [0.15, 0.2) is 140 Å². The Balaban J connectivity index is 0.000000591. The zero-order valence-corrected chi connectivity index (χ0v) is 51.8. The van der Waals surface area contributed by atoms with E-state index in [9.17, 15) is 109 Å². The Kier molecular flexibility index (Phi) is 34.7. The van der Waals surface area contributed by atoms with Crippen molar-refractivity contribution in [3.8, 4) is 75.4 Å². The number of nitro benzene ring substituents is 1. The van der Waals surface area contributed by atoms with Crippen LogP contribution in [0.4, 0.5) is 84.7 Å². The van der Waals surface area contributed by atoms with E-state index in [2.05, 4.69) is 33.2 Å². The van der Waals surface area contributed by atoms with Gasteiger partial charge in [0.1, 0.15) is 29.6 Å². The minimum absolute atomic E-state index is 0.0259. The summed E-state index contributed by atoms with van der Waals surface area (Å²) in [5.74, 6) is -5.94. The highest BCUT2D eigenvalue weighted by atomic mass is 19.4. The molecule has 39 heteroatoms. The number of aliphatic hydroxyl groups excluding tert-OH is 1. The number of benzene rings is 7. The number of phenolic OH excluding ortho intramolecular Hbond substituents is 4. The fourth-order valence-corrected chi connectivity index (χ4v) is 6.67. The predicted molar refractivity (Wildman–Crippen MR) is 315 cm³/mol. The van der Waals surface area contributed by atoms with E-state index in [1.54, 1.807) is 49.4 Å². The van der Waals surface area contributed by atoms with E-state index in [0.29, 0.717) is 30.5 Å². The molecular weight excluding hydrogens is 1410 g/mol. The van der Waals surface area contributed by atoms with Gasteiger partial charge in [-0.1, -0.05) is 63.2 Å². The van der Waals surface area contributed by atoms with Crippen molar-refractivity contribution in [2.45, 2.75) is 91.7 Å². The van der Waals surface area contributed by atoms with Crippen molar-refractivity contribution in [1.29, 1.82) is 10.5 Å². The molecule has 0 fully saturated rings. The van der Waals surface area contributed by atoms with E-state index in [1.807, 2.05) is 39.8 Å². The molecule has 0 aliphatic heterocycles. The van der Waals surface area contributed by atoms with E-state index in [4.69, 9.17) is 30.9 Å². The van der Waals surface area contributed by atoms with Crippen LogP contribution >= 0.6 is 0 Å². The molecule has 7 rings (SSSR count). The number of hydrogen-bond acceptors (Lipinski definition) is 19. The van der Waals surface area contributed by atoms with Crippen LogP contribution in [0.3, 0.4) is 0 Å². The van der Waals surface area contributed by atoms with Gasteiger partial charge in [0.2, 0.25) is 6.20 Å². The highest BCUT2D eigenvalue weighted by Crippen LogP contribution is 2.37. The summed E-state index contributed by atoms with van der Waals surface area (Å²) in [5, 5.41) is 82.1. The van der Waals surface area contributed by atoms with Gasteiger partial charge in [-0.05, 0) is 126 Å². The van der Waals surface area contributed by atoms with Gasteiger partial charge in [0.15, 0.2) is 46.0 Å². The molecule has 0 atom stereocenters. The second-order valence-corrected chi connectivity index (χ2v) is 19.6. The molecule has 0 aliphatic rings. The second-order valence-electron chi connectivity index (χ2n) is 19.6. The van der Waals surface area contributed by atoms with Crippen molar-refractivity contribution >= 4 is 18.0 Å². The highest BCUT2D eigenvalue weighted by Gasteiger charge is 2.35. The Morgan fingerprint density at radius 3 is 1.42 bits per heavy atom. The third-order valence-electron chi connectivity index (χ3n) is 11.0. The van der Waals surface area contributed by atoms with Crippen LogP contribution in [0, 0.1) is 56.7 Å². The van der Waals surface area contributed by atoms with Crippen LogP contribution in [0.2, 0.25) is 0 Å². The molecule has 0 radical (unpaired) electrons. The fourth-order valence-electron chi connectivity index (χ4n) is 6.67. The van der Waals surface area contributed by atoms with Gasteiger partial charge in [-0.15, -0.1) is 52.7 Å². The minimum Gasteiger partial charge on any atom is -0.504 e. The maximum absolute atomic E-state index is 12.1. The molecule has 21 nitrogen and oxygen atoms in total. The van der Waals surface area contributed by atoms with E-state index < -0.39 is 107 Å². The third-order valence-corrected chi connectivity index (χ3v) is 11.0. The number of aryl methyl sites for hydroxylation is 2. The van der Waals surface area contributed by atoms with Gasteiger partial charge in [0.05, 0.1) is 33.1 Å². The second kappa shape index (κ2) is 40.2. The molecule has 7 aromatic carbocycles. The maximum atomic E-state index is 12.1. The lowest BCUT2D eigenvalue weighted by molar-refractivity contribution is -0.400. The average molecular weight is 1470 g/mol. The summed E-state index contributed by atoms with van der Waals surface area (Å²) in [6.45, 7) is 0.882. The molecule has 0 heterocycles. The van der Waals surface area contributed by atoms with Gasteiger partial charge in [-0.3, -0.25) is 25.0 Å². The summed E-state index contributed by atoms with van der Waals surface area (Å²) >= 11 is 0. The van der Waals surface area contributed by atoms with Gasteiger partial charge >= 0.3 is 45.3 Å². The van der Waals surface area contributed by atoms with Crippen LogP contribution in [-0.2, 0) is 11.8 Å². The van der Waals surface area contributed by atoms with Crippen molar-refractivity contribution in [2.75, 3.05) is 6.61 Å². The Morgan fingerprint density at radius 1 is 0.505 bits per heavy atom. The number of para-hydroxylation sites is 1. The van der Waals surface area contributed by atoms with Gasteiger partial charge in [-0.2, -0.15) is 36.9 Å². The van der Waals surface area contributed by atoms with E-state index in [-0.39, 0.29) is 51.5 Å². The molecular formula is C62H52F18N4O17. The zero-order valence-electron chi connectivity index (χ0n) is 51.8. The number of rotatable bonds is 16. The molecule has 0 amide bonds. The topological polar surface area (TPSA) is 317 Å². The van der Waals surface area contributed by atoms with Gasteiger partial charge in [0, 0.05) is 30.4 Å². The molecule has 5 N–H and O–H groups in total. The first kappa shape index (κ1) is 87.2.